The third-order valence-corrected chi connectivity index (χ3v) is 3.47. The van der Waals surface area contributed by atoms with E-state index in [1.165, 1.54) is 22.3 Å². The van der Waals surface area contributed by atoms with E-state index < -0.39 is 0 Å². The van der Waals surface area contributed by atoms with Crippen molar-refractivity contribution in [2.75, 3.05) is 5.33 Å². The summed E-state index contributed by atoms with van der Waals surface area (Å²) in [5, 5.41) is 0.838. The summed E-state index contributed by atoms with van der Waals surface area (Å²) in [7, 11) is 0. The van der Waals surface area contributed by atoms with Gasteiger partial charge >= 0.3 is 0 Å². The molecule has 2 aromatic carbocycles. The second kappa shape index (κ2) is 4.99. The zero-order valence-corrected chi connectivity index (χ0v) is 11.5. The molecule has 0 bridgehead atoms. The van der Waals surface area contributed by atoms with Crippen molar-refractivity contribution in [3.8, 4) is 5.75 Å². The van der Waals surface area contributed by atoms with Gasteiger partial charge in [0.05, 0.1) is 0 Å². The molecule has 0 aliphatic carbocycles. The molecule has 0 atom stereocenters. The predicted octanol–water partition coefficient (Wildman–Crippen LogP) is 4.41. The van der Waals surface area contributed by atoms with Crippen LogP contribution in [0.4, 0.5) is 0 Å². The van der Waals surface area contributed by atoms with Crippen LogP contribution in [0.1, 0.15) is 16.7 Å². The fraction of sp³-hybridized carbons (Fsp3) is 0.125. The maximum Gasteiger partial charge on any atom is 0.127 e. The van der Waals surface area contributed by atoms with Gasteiger partial charge in [-0.1, -0.05) is 64.5 Å². The van der Waals surface area contributed by atoms with Gasteiger partial charge in [0.1, 0.15) is 12.4 Å². The highest BCUT2D eigenvalue weighted by molar-refractivity contribution is 9.09. The second-order valence-corrected chi connectivity index (χ2v) is 4.86. The number of fused-ring (bicyclic) bond motifs is 2. The number of hydrogen-bond donors (Lipinski definition) is 0. The van der Waals surface area contributed by atoms with E-state index in [2.05, 4.69) is 58.4 Å². The molecule has 0 spiro atoms. The molecule has 18 heavy (non-hydrogen) atoms. The van der Waals surface area contributed by atoms with E-state index in [0.717, 1.165) is 11.1 Å². The Bertz CT molecular complexity index is 552. The summed E-state index contributed by atoms with van der Waals surface area (Å²) in [6.45, 7) is 0.632. The maximum atomic E-state index is 5.90. The Hall–Kier alpha value is -1.54. The molecule has 0 N–H and O–H groups in total. The summed E-state index contributed by atoms with van der Waals surface area (Å²) >= 11 is 3.50. The highest BCUT2D eigenvalue weighted by Crippen LogP contribution is 2.36. The summed E-state index contributed by atoms with van der Waals surface area (Å²) in [6, 6.07) is 16.6. The molecule has 0 aromatic heterocycles. The zero-order valence-electron chi connectivity index (χ0n) is 9.90. The summed E-state index contributed by atoms with van der Waals surface area (Å²) in [5.74, 6) is 0.959. The van der Waals surface area contributed by atoms with Crippen molar-refractivity contribution in [3.05, 3.63) is 71.3 Å². The summed E-state index contributed by atoms with van der Waals surface area (Å²) < 4.78 is 5.90. The number of allylic oxidation sites excluding steroid dienone is 1. The van der Waals surface area contributed by atoms with Gasteiger partial charge in [-0.2, -0.15) is 0 Å². The number of alkyl halides is 1. The Morgan fingerprint density at radius 1 is 1.00 bits per heavy atom. The van der Waals surface area contributed by atoms with Crippen LogP contribution in [0.25, 0.3) is 5.57 Å². The van der Waals surface area contributed by atoms with Crippen LogP contribution in [0.5, 0.6) is 5.75 Å². The molecule has 1 nitrogen and oxygen atoms in total. The largest absolute Gasteiger partial charge is 0.488 e. The molecule has 0 unspecified atom stereocenters. The van der Waals surface area contributed by atoms with Gasteiger partial charge in [0.25, 0.3) is 0 Å². The lowest BCUT2D eigenvalue weighted by Crippen LogP contribution is -1.94. The highest BCUT2D eigenvalue weighted by atomic mass is 79.9. The molecule has 1 heterocycles. The third-order valence-electron chi connectivity index (χ3n) is 3.15. The number of hydrogen-bond acceptors (Lipinski definition) is 1. The van der Waals surface area contributed by atoms with Gasteiger partial charge in [-0.15, -0.1) is 0 Å². The number of benzene rings is 2. The smallest absolute Gasteiger partial charge is 0.127 e. The Morgan fingerprint density at radius 2 is 1.72 bits per heavy atom. The van der Waals surface area contributed by atoms with Gasteiger partial charge < -0.3 is 4.74 Å². The van der Waals surface area contributed by atoms with Crippen LogP contribution >= 0.6 is 15.9 Å². The zero-order chi connectivity index (χ0) is 12.4. The first-order chi connectivity index (χ1) is 8.90. The van der Waals surface area contributed by atoms with Crippen LogP contribution in [0.2, 0.25) is 0 Å². The summed E-state index contributed by atoms with van der Waals surface area (Å²) in [4.78, 5) is 0. The van der Waals surface area contributed by atoms with E-state index in [4.69, 9.17) is 4.74 Å². The molecule has 0 saturated carbocycles. The van der Waals surface area contributed by atoms with Gasteiger partial charge in [-0.05, 0) is 22.8 Å². The molecule has 2 aromatic rings. The predicted molar refractivity (Wildman–Crippen MR) is 78.1 cm³/mol. The Balaban J connectivity index is 2.25. The van der Waals surface area contributed by atoms with Gasteiger partial charge in [-0.3, -0.25) is 0 Å². The molecule has 0 fully saturated rings. The topological polar surface area (TPSA) is 9.23 Å². The molecule has 3 rings (SSSR count). The minimum Gasteiger partial charge on any atom is -0.488 e. The van der Waals surface area contributed by atoms with Gasteiger partial charge in [0.2, 0.25) is 0 Å². The van der Waals surface area contributed by atoms with Crippen molar-refractivity contribution >= 4 is 21.5 Å². The number of para-hydroxylation sites is 1. The fourth-order valence-corrected chi connectivity index (χ4v) is 2.65. The van der Waals surface area contributed by atoms with E-state index in [9.17, 15) is 0 Å². The van der Waals surface area contributed by atoms with E-state index in [0.29, 0.717) is 6.61 Å². The van der Waals surface area contributed by atoms with Crippen molar-refractivity contribution in [1.29, 1.82) is 0 Å². The van der Waals surface area contributed by atoms with Crippen molar-refractivity contribution < 1.29 is 4.74 Å². The number of rotatable bonds is 1. The first-order valence-corrected chi connectivity index (χ1v) is 7.09. The number of ether oxygens (including phenoxy) is 1. The standard InChI is InChI=1S/C16H13BrO/c17-10-9-14-13-6-2-1-5-12(13)11-18-16-8-4-3-7-15(14)16/h1-9H,10-11H2. The van der Waals surface area contributed by atoms with Gasteiger partial charge in [0, 0.05) is 10.9 Å². The van der Waals surface area contributed by atoms with Crippen LogP contribution in [-0.2, 0) is 6.61 Å². The average Bonchev–Trinajstić information content (AvgIpc) is 2.58. The quantitative estimate of drug-likeness (QED) is 0.709. The molecular formula is C16H13BrO. The van der Waals surface area contributed by atoms with E-state index in [1.807, 2.05) is 12.1 Å². The Labute approximate surface area is 115 Å². The normalized spacial score (nSPS) is 15.5. The molecule has 0 radical (unpaired) electrons. The van der Waals surface area contributed by atoms with Crippen LogP contribution in [-0.4, -0.2) is 5.33 Å². The minimum atomic E-state index is 0.632. The van der Waals surface area contributed by atoms with Crippen LogP contribution in [0.3, 0.4) is 0 Å². The molecule has 1 aliphatic heterocycles. The van der Waals surface area contributed by atoms with E-state index in [-0.39, 0.29) is 0 Å². The van der Waals surface area contributed by atoms with Crippen LogP contribution < -0.4 is 4.74 Å². The van der Waals surface area contributed by atoms with E-state index >= 15 is 0 Å². The monoisotopic (exact) mass is 300 g/mol. The first kappa shape index (κ1) is 11.5. The molecular weight excluding hydrogens is 288 g/mol. The third kappa shape index (κ3) is 1.97. The SMILES string of the molecule is BrCC=C1c2ccccc2COc2ccccc21. The summed E-state index contributed by atoms with van der Waals surface area (Å²) in [5.41, 5.74) is 4.92. The van der Waals surface area contributed by atoms with Crippen molar-refractivity contribution in [3.63, 3.8) is 0 Å². The summed E-state index contributed by atoms with van der Waals surface area (Å²) in [6.07, 6.45) is 2.20. The second-order valence-electron chi connectivity index (χ2n) is 4.21. The highest BCUT2D eigenvalue weighted by Gasteiger charge is 2.17. The van der Waals surface area contributed by atoms with Crippen LogP contribution in [0, 0.1) is 0 Å². The van der Waals surface area contributed by atoms with E-state index in [1.54, 1.807) is 0 Å². The lowest BCUT2D eigenvalue weighted by Gasteiger charge is -2.09. The Morgan fingerprint density at radius 3 is 2.56 bits per heavy atom. The lowest BCUT2D eigenvalue weighted by atomic mass is 9.94. The van der Waals surface area contributed by atoms with Crippen molar-refractivity contribution in [2.45, 2.75) is 6.61 Å². The minimum absolute atomic E-state index is 0.632. The maximum absolute atomic E-state index is 5.90. The molecule has 0 amide bonds. The first-order valence-electron chi connectivity index (χ1n) is 5.97. The van der Waals surface area contributed by atoms with Gasteiger partial charge in [-0.25, -0.2) is 0 Å². The van der Waals surface area contributed by atoms with Crippen molar-refractivity contribution in [2.24, 2.45) is 0 Å². The lowest BCUT2D eigenvalue weighted by molar-refractivity contribution is 0.307. The Kier molecular flexibility index (Phi) is 3.20. The molecule has 2 heteroatoms. The molecule has 0 saturated heterocycles. The fourth-order valence-electron chi connectivity index (χ4n) is 2.32. The molecule has 1 aliphatic rings. The van der Waals surface area contributed by atoms with Crippen molar-refractivity contribution in [1.82, 2.24) is 0 Å². The van der Waals surface area contributed by atoms with Gasteiger partial charge in [0.15, 0.2) is 0 Å². The molecule has 90 valence electrons. The average molecular weight is 301 g/mol. The number of halogens is 1. The van der Waals surface area contributed by atoms with Crippen LogP contribution in [0.15, 0.2) is 54.6 Å².